The molecule has 0 aliphatic heterocycles. The van der Waals surface area contributed by atoms with Crippen LogP contribution in [0, 0.1) is 0 Å². The highest BCUT2D eigenvalue weighted by molar-refractivity contribution is 6.33. The summed E-state index contributed by atoms with van der Waals surface area (Å²) in [4.78, 5) is 11.9. The van der Waals surface area contributed by atoms with E-state index in [2.05, 4.69) is 10.6 Å². The summed E-state index contributed by atoms with van der Waals surface area (Å²) in [6.45, 7) is 7.70. The van der Waals surface area contributed by atoms with Crippen LogP contribution in [0.15, 0.2) is 18.2 Å². The second-order valence-corrected chi connectivity index (χ2v) is 6.89. The summed E-state index contributed by atoms with van der Waals surface area (Å²) in [7, 11) is 0. The number of halogens is 2. The van der Waals surface area contributed by atoms with Gasteiger partial charge in [-0.25, -0.2) is 0 Å². The fourth-order valence-corrected chi connectivity index (χ4v) is 2.16. The number of rotatable bonds is 5. The number of nitrogens with one attached hydrogen (secondary N) is 2. The number of aliphatic hydroxyl groups is 1. The number of carbonyl (C=O) groups excluding carboxylic acids is 1. The molecule has 0 radical (unpaired) electrons. The molecule has 2 unspecified atom stereocenters. The van der Waals surface area contributed by atoms with Gasteiger partial charge in [-0.3, -0.25) is 4.79 Å². The van der Waals surface area contributed by atoms with Crippen molar-refractivity contribution in [2.24, 2.45) is 0 Å². The molecule has 0 saturated heterocycles. The third-order valence-corrected chi connectivity index (χ3v) is 3.41. The van der Waals surface area contributed by atoms with Gasteiger partial charge in [0.05, 0.1) is 12.1 Å². The van der Waals surface area contributed by atoms with Crippen molar-refractivity contribution in [1.82, 2.24) is 10.6 Å². The van der Waals surface area contributed by atoms with Crippen molar-refractivity contribution in [2.45, 2.75) is 45.4 Å². The molecule has 118 valence electrons. The lowest BCUT2D eigenvalue weighted by Gasteiger charge is -2.24. The number of aliphatic hydroxyl groups excluding tert-OH is 1. The van der Waals surface area contributed by atoms with E-state index in [1.165, 1.54) is 0 Å². The van der Waals surface area contributed by atoms with Gasteiger partial charge in [0.2, 0.25) is 5.91 Å². The molecule has 1 aromatic rings. The molecule has 0 saturated carbocycles. The average molecular weight is 333 g/mol. The van der Waals surface area contributed by atoms with Crippen molar-refractivity contribution in [2.75, 3.05) is 6.54 Å². The van der Waals surface area contributed by atoms with Gasteiger partial charge in [0.1, 0.15) is 0 Å². The first-order valence-electron chi connectivity index (χ1n) is 6.78. The maximum absolute atomic E-state index is 11.9. The molecule has 1 rings (SSSR count). The molecule has 1 aromatic carbocycles. The van der Waals surface area contributed by atoms with Crippen molar-refractivity contribution in [3.63, 3.8) is 0 Å². The molecule has 6 heteroatoms. The summed E-state index contributed by atoms with van der Waals surface area (Å²) < 4.78 is 0. The Morgan fingerprint density at radius 2 is 1.95 bits per heavy atom. The van der Waals surface area contributed by atoms with Gasteiger partial charge in [0, 0.05) is 27.7 Å². The first-order chi connectivity index (χ1) is 9.60. The molecule has 1 amide bonds. The summed E-state index contributed by atoms with van der Waals surface area (Å²) in [5.74, 6) is -0.119. The summed E-state index contributed by atoms with van der Waals surface area (Å²) in [5.41, 5.74) is 0.252. The van der Waals surface area contributed by atoms with E-state index in [-0.39, 0.29) is 18.0 Å². The third-order valence-electron chi connectivity index (χ3n) is 2.83. The predicted molar refractivity (Wildman–Crippen MR) is 86.8 cm³/mol. The maximum atomic E-state index is 11.9. The Hall–Kier alpha value is -0.810. The fraction of sp³-hybridized carbons (Fsp3) is 0.533. The van der Waals surface area contributed by atoms with E-state index in [1.807, 2.05) is 20.8 Å². The molecule has 0 fully saturated rings. The van der Waals surface area contributed by atoms with Crippen LogP contribution in [0.3, 0.4) is 0 Å². The zero-order valence-corrected chi connectivity index (χ0v) is 14.2. The van der Waals surface area contributed by atoms with Crippen LogP contribution in [0.5, 0.6) is 0 Å². The molecule has 0 aromatic heterocycles. The molecular formula is C15H22Cl2N2O2. The monoisotopic (exact) mass is 332 g/mol. The predicted octanol–water partition coefficient (Wildman–Crippen LogP) is 2.92. The lowest BCUT2D eigenvalue weighted by Crippen LogP contribution is -2.50. The van der Waals surface area contributed by atoms with E-state index in [4.69, 9.17) is 23.2 Å². The van der Waals surface area contributed by atoms with E-state index in [9.17, 15) is 9.90 Å². The Kier molecular flexibility index (Phi) is 6.47. The van der Waals surface area contributed by atoms with E-state index in [1.54, 1.807) is 25.1 Å². The van der Waals surface area contributed by atoms with Crippen LogP contribution in [0.4, 0.5) is 0 Å². The van der Waals surface area contributed by atoms with E-state index < -0.39 is 12.1 Å². The number of hydrogen-bond acceptors (Lipinski definition) is 3. The third kappa shape index (κ3) is 6.22. The van der Waals surface area contributed by atoms with E-state index in [0.29, 0.717) is 15.6 Å². The molecular weight excluding hydrogens is 311 g/mol. The number of hydrogen-bond donors (Lipinski definition) is 3. The Balaban J connectivity index is 2.58. The van der Waals surface area contributed by atoms with Gasteiger partial charge in [0.15, 0.2) is 0 Å². The molecule has 2 atom stereocenters. The minimum atomic E-state index is -0.832. The molecule has 0 bridgehead atoms. The van der Waals surface area contributed by atoms with E-state index in [0.717, 1.165) is 0 Å². The van der Waals surface area contributed by atoms with Crippen molar-refractivity contribution >= 4 is 29.1 Å². The molecule has 21 heavy (non-hydrogen) atoms. The van der Waals surface area contributed by atoms with Gasteiger partial charge in [0.25, 0.3) is 0 Å². The number of benzene rings is 1. The highest BCUT2D eigenvalue weighted by Crippen LogP contribution is 2.26. The van der Waals surface area contributed by atoms with Crippen molar-refractivity contribution in [3.8, 4) is 0 Å². The van der Waals surface area contributed by atoms with Gasteiger partial charge < -0.3 is 15.7 Å². The summed E-state index contributed by atoms with van der Waals surface area (Å²) in [6, 6.07) is 4.50. The summed E-state index contributed by atoms with van der Waals surface area (Å²) >= 11 is 11.9. The Morgan fingerprint density at radius 1 is 1.33 bits per heavy atom. The van der Waals surface area contributed by atoms with Gasteiger partial charge in [-0.05, 0) is 45.9 Å². The molecule has 3 N–H and O–H groups in total. The van der Waals surface area contributed by atoms with Gasteiger partial charge in [-0.2, -0.15) is 0 Å². The summed E-state index contributed by atoms with van der Waals surface area (Å²) in [5, 5.41) is 17.0. The second kappa shape index (κ2) is 7.45. The van der Waals surface area contributed by atoms with Crippen LogP contribution in [-0.4, -0.2) is 29.1 Å². The highest BCUT2D eigenvalue weighted by Gasteiger charge is 2.20. The van der Waals surface area contributed by atoms with E-state index >= 15 is 0 Å². The average Bonchev–Trinajstić information content (AvgIpc) is 2.36. The minimum Gasteiger partial charge on any atom is -0.387 e. The minimum absolute atomic E-state index is 0.119. The Labute approximate surface area is 135 Å². The molecule has 0 heterocycles. The number of amides is 1. The smallest absolute Gasteiger partial charge is 0.237 e. The maximum Gasteiger partial charge on any atom is 0.237 e. The van der Waals surface area contributed by atoms with Crippen LogP contribution in [0.2, 0.25) is 10.0 Å². The highest BCUT2D eigenvalue weighted by atomic mass is 35.5. The van der Waals surface area contributed by atoms with Gasteiger partial charge >= 0.3 is 0 Å². The Morgan fingerprint density at radius 3 is 2.52 bits per heavy atom. The van der Waals surface area contributed by atoms with Crippen molar-refractivity contribution in [1.29, 1.82) is 0 Å². The zero-order valence-electron chi connectivity index (χ0n) is 12.7. The van der Waals surface area contributed by atoms with Crippen molar-refractivity contribution in [3.05, 3.63) is 33.8 Å². The first kappa shape index (κ1) is 18.2. The summed E-state index contributed by atoms with van der Waals surface area (Å²) in [6.07, 6.45) is -0.832. The van der Waals surface area contributed by atoms with Gasteiger partial charge in [-0.15, -0.1) is 0 Å². The van der Waals surface area contributed by atoms with Gasteiger partial charge in [-0.1, -0.05) is 23.2 Å². The lowest BCUT2D eigenvalue weighted by atomic mass is 10.1. The number of carbonyl (C=O) groups is 1. The Bertz CT molecular complexity index is 501. The van der Waals surface area contributed by atoms with Crippen molar-refractivity contribution < 1.29 is 9.90 Å². The van der Waals surface area contributed by atoms with Crippen LogP contribution >= 0.6 is 23.2 Å². The molecule has 0 aliphatic carbocycles. The molecule has 0 spiro atoms. The van der Waals surface area contributed by atoms with Crippen LogP contribution < -0.4 is 10.6 Å². The van der Waals surface area contributed by atoms with Crippen LogP contribution in [0.25, 0.3) is 0 Å². The fourth-order valence-electron chi connectivity index (χ4n) is 1.74. The first-order valence-corrected chi connectivity index (χ1v) is 7.54. The lowest BCUT2D eigenvalue weighted by molar-refractivity contribution is -0.124. The van der Waals surface area contributed by atoms with Crippen LogP contribution in [0.1, 0.15) is 39.4 Å². The molecule has 4 nitrogen and oxygen atoms in total. The second-order valence-electron chi connectivity index (χ2n) is 6.05. The standard InChI is InChI=1S/C15H22Cl2N2O2/c1-9(14(21)19-15(2,3)4)18-8-13(20)11-7-10(16)5-6-12(11)17/h5-7,9,13,18,20H,8H2,1-4H3,(H,19,21). The normalized spacial score (nSPS) is 14.6. The zero-order chi connectivity index (χ0) is 16.2. The largest absolute Gasteiger partial charge is 0.387 e. The molecule has 0 aliphatic rings. The SMILES string of the molecule is CC(NCC(O)c1cc(Cl)ccc1Cl)C(=O)NC(C)(C)C. The quantitative estimate of drug-likeness (QED) is 0.776. The van der Waals surface area contributed by atoms with Crippen LogP contribution in [-0.2, 0) is 4.79 Å². The topological polar surface area (TPSA) is 61.4 Å².